The van der Waals surface area contributed by atoms with Crippen LogP contribution in [0.15, 0.2) is 41.3 Å². The predicted octanol–water partition coefficient (Wildman–Crippen LogP) is 1.29. The van der Waals surface area contributed by atoms with Crippen LogP contribution < -0.4 is 0 Å². The molecule has 0 aliphatic heterocycles. The van der Waals surface area contributed by atoms with Crippen LogP contribution in [0, 0.1) is 11.8 Å². The summed E-state index contributed by atoms with van der Waals surface area (Å²) in [4.78, 5) is 18.0. The average Bonchev–Trinajstić information content (AvgIpc) is 2.97. The van der Waals surface area contributed by atoms with Gasteiger partial charge in [-0.3, -0.25) is 4.79 Å². The fourth-order valence-corrected chi connectivity index (χ4v) is 1.72. The zero-order valence-corrected chi connectivity index (χ0v) is 11.0. The van der Waals surface area contributed by atoms with E-state index in [1.807, 2.05) is 0 Å². The van der Waals surface area contributed by atoms with Crippen molar-refractivity contribution in [2.24, 2.45) is 0 Å². The largest absolute Gasteiger partial charge is 0.472 e. The smallest absolute Gasteiger partial charge is 0.273 e. The summed E-state index contributed by atoms with van der Waals surface area (Å²) in [5.74, 6) is 5.03. The maximum atomic E-state index is 12.4. The van der Waals surface area contributed by atoms with Crippen LogP contribution in [-0.4, -0.2) is 34.6 Å². The molecule has 0 radical (unpaired) electrons. The van der Waals surface area contributed by atoms with E-state index < -0.39 is 0 Å². The van der Waals surface area contributed by atoms with Crippen LogP contribution in [0.5, 0.6) is 0 Å². The van der Waals surface area contributed by atoms with E-state index in [1.54, 1.807) is 44.0 Å². The zero-order valence-electron chi connectivity index (χ0n) is 11.0. The Morgan fingerprint density at radius 1 is 1.50 bits per heavy atom. The van der Waals surface area contributed by atoms with Crippen LogP contribution in [0.2, 0.25) is 0 Å². The Morgan fingerprint density at radius 3 is 3.05 bits per heavy atom. The Bertz CT molecular complexity index is 639. The molecule has 0 bridgehead atoms. The molecule has 20 heavy (non-hydrogen) atoms. The highest BCUT2D eigenvalue weighted by molar-refractivity contribution is 5.94. The average molecular weight is 270 g/mol. The summed E-state index contributed by atoms with van der Waals surface area (Å²) in [7, 11) is 1.69. The van der Waals surface area contributed by atoms with E-state index >= 15 is 0 Å². The standard InChI is InChI=1S/C15H14N2O3/c1-17(10-12-6-9-20-11-12)15(19)14-13(5-3-8-18)4-2-7-16-14/h2,4,6-7,9,11,18H,8,10H2,1H3. The van der Waals surface area contributed by atoms with E-state index in [0.717, 1.165) is 5.56 Å². The Balaban J connectivity index is 2.20. The van der Waals surface area contributed by atoms with Crippen molar-refractivity contribution in [1.82, 2.24) is 9.88 Å². The third kappa shape index (κ3) is 3.25. The molecule has 5 nitrogen and oxygen atoms in total. The molecular formula is C15H14N2O3. The number of pyridine rings is 1. The quantitative estimate of drug-likeness (QED) is 0.853. The van der Waals surface area contributed by atoms with Gasteiger partial charge in [-0.25, -0.2) is 4.98 Å². The molecule has 2 heterocycles. The highest BCUT2D eigenvalue weighted by Crippen LogP contribution is 2.10. The van der Waals surface area contributed by atoms with E-state index in [2.05, 4.69) is 16.8 Å². The van der Waals surface area contributed by atoms with E-state index in [1.165, 1.54) is 4.90 Å². The summed E-state index contributed by atoms with van der Waals surface area (Å²) in [6, 6.07) is 5.21. The van der Waals surface area contributed by atoms with Gasteiger partial charge in [0, 0.05) is 25.4 Å². The van der Waals surface area contributed by atoms with Gasteiger partial charge >= 0.3 is 0 Å². The number of aliphatic hydroxyl groups is 1. The first kappa shape index (κ1) is 13.8. The molecule has 0 aliphatic carbocycles. The minimum absolute atomic E-state index is 0.228. The lowest BCUT2D eigenvalue weighted by atomic mass is 10.1. The van der Waals surface area contributed by atoms with Crippen molar-refractivity contribution in [1.29, 1.82) is 0 Å². The third-order valence-electron chi connectivity index (χ3n) is 2.66. The molecule has 2 aromatic rings. The molecule has 2 rings (SSSR count). The summed E-state index contributed by atoms with van der Waals surface area (Å²) in [6.45, 7) is 0.173. The normalized spacial score (nSPS) is 9.70. The minimum Gasteiger partial charge on any atom is -0.472 e. The topological polar surface area (TPSA) is 66.6 Å². The molecule has 5 heteroatoms. The Kier molecular flexibility index (Phi) is 4.53. The molecule has 102 valence electrons. The van der Waals surface area contributed by atoms with E-state index in [4.69, 9.17) is 9.52 Å². The van der Waals surface area contributed by atoms with Crippen molar-refractivity contribution in [3.05, 3.63) is 53.7 Å². The molecule has 0 aromatic carbocycles. The van der Waals surface area contributed by atoms with Crippen molar-refractivity contribution < 1.29 is 14.3 Å². The Morgan fingerprint density at radius 2 is 2.35 bits per heavy atom. The monoisotopic (exact) mass is 270 g/mol. The molecular weight excluding hydrogens is 256 g/mol. The summed E-state index contributed by atoms with van der Waals surface area (Å²) < 4.78 is 4.97. The lowest BCUT2D eigenvalue weighted by Gasteiger charge is -2.16. The number of carbonyl (C=O) groups excluding carboxylic acids is 1. The van der Waals surface area contributed by atoms with Crippen molar-refractivity contribution >= 4 is 5.91 Å². The van der Waals surface area contributed by atoms with Gasteiger partial charge in [-0.15, -0.1) is 0 Å². The molecule has 1 amide bonds. The second-order valence-corrected chi connectivity index (χ2v) is 4.15. The fraction of sp³-hybridized carbons (Fsp3) is 0.200. The molecule has 0 unspecified atom stereocenters. The van der Waals surface area contributed by atoms with Crippen LogP contribution in [0.3, 0.4) is 0 Å². The van der Waals surface area contributed by atoms with Crippen LogP contribution >= 0.6 is 0 Å². The first-order valence-electron chi connectivity index (χ1n) is 6.03. The van der Waals surface area contributed by atoms with Crippen LogP contribution in [-0.2, 0) is 6.54 Å². The number of hydrogen-bond acceptors (Lipinski definition) is 4. The number of rotatable bonds is 3. The number of furan rings is 1. The van der Waals surface area contributed by atoms with E-state index in [-0.39, 0.29) is 18.2 Å². The minimum atomic E-state index is -0.257. The maximum absolute atomic E-state index is 12.4. The zero-order chi connectivity index (χ0) is 14.4. The third-order valence-corrected chi connectivity index (χ3v) is 2.66. The second-order valence-electron chi connectivity index (χ2n) is 4.15. The van der Waals surface area contributed by atoms with Crippen molar-refractivity contribution in [2.45, 2.75) is 6.54 Å². The molecule has 0 fully saturated rings. The number of amides is 1. The van der Waals surface area contributed by atoms with Crippen molar-refractivity contribution in [3.63, 3.8) is 0 Å². The van der Waals surface area contributed by atoms with Crippen molar-refractivity contribution in [3.8, 4) is 11.8 Å². The van der Waals surface area contributed by atoms with Crippen LogP contribution in [0.1, 0.15) is 21.6 Å². The van der Waals surface area contributed by atoms with Gasteiger partial charge in [-0.2, -0.15) is 0 Å². The second kappa shape index (κ2) is 6.55. The highest BCUT2D eigenvalue weighted by atomic mass is 16.3. The fourth-order valence-electron chi connectivity index (χ4n) is 1.72. The first-order chi connectivity index (χ1) is 9.72. The predicted molar refractivity (Wildman–Crippen MR) is 72.7 cm³/mol. The highest BCUT2D eigenvalue weighted by Gasteiger charge is 2.16. The van der Waals surface area contributed by atoms with Gasteiger partial charge in [-0.05, 0) is 18.2 Å². The van der Waals surface area contributed by atoms with Crippen molar-refractivity contribution in [2.75, 3.05) is 13.7 Å². The molecule has 0 aliphatic rings. The van der Waals surface area contributed by atoms with E-state index in [9.17, 15) is 4.79 Å². The van der Waals surface area contributed by atoms with Gasteiger partial charge in [0.05, 0.1) is 18.1 Å². The van der Waals surface area contributed by atoms with Gasteiger partial charge in [0.1, 0.15) is 12.3 Å². The number of aliphatic hydroxyl groups excluding tert-OH is 1. The number of nitrogens with zero attached hydrogens (tertiary/aromatic N) is 2. The molecule has 0 saturated carbocycles. The van der Waals surface area contributed by atoms with Gasteiger partial charge < -0.3 is 14.4 Å². The van der Waals surface area contributed by atoms with Gasteiger partial charge in [0.2, 0.25) is 0 Å². The van der Waals surface area contributed by atoms with Crippen LogP contribution in [0.25, 0.3) is 0 Å². The first-order valence-corrected chi connectivity index (χ1v) is 6.03. The molecule has 1 N–H and O–H groups in total. The van der Waals surface area contributed by atoms with E-state index in [0.29, 0.717) is 12.1 Å². The molecule has 2 aromatic heterocycles. The summed E-state index contributed by atoms with van der Waals surface area (Å²) in [5, 5.41) is 8.74. The van der Waals surface area contributed by atoms with Gasteiger partial charge in [0.25, 0.3) is 5.91 Å². The summed E-state index contributed by atoms with van der Waals surface area (Å²) >= 11 is 0. The lowest BCUT2D eigenvalue weighted by Crippen LogP contribution is -2.27. The number of carbonyl (C=O) groups is 1. The van der Waals surface area contributed by atoms with Gasteiger partial charge in [0.15, 0.2) is 0 Å². The molecule has 0 spiro atoms. The number of aromatic nitrogens is 1. The van der Waals surface area contributed by atoms with Crippen LogP contribution in [0.4, 0.5) is 0 Å². The summed E-state index contributed by atoms with van der Waals surface area (Å²) in [5.41, 5.74) is 1.69. The molecule has 0 atom stereocenters. The Labute approximate surface area is 116 Å². The maximum Gasteiger partial charge on any atom is 0.273 e. The SMILES string of the molecule is CN(Cc1ccoc1)C(=O)c1ncccc1C#CCO. The summed E-state index contributed by atoms with van der Waals surface area (Å²) in [6.07, 6.45) is 4.70. The lowest BCUT2D eigenvalue weighted by molar-refractivity contribution is 0.0779. The number of hydrogen-bond donors (Lipinski definition) is 1. The van der Waals surface area contributed by atoms with Gasteiger partial charge in [-0.1, -0.05) is 11.8 Å². The molecule has 0 saturated heterocycles. The Hall–Kier alpha value is -2.58.